The largest absolute Gasteiger partial charge is 0.444 e. The van der Waals surface area contributed by atoms with Crippen molar-refractivity contribution in [3.05, 3.63) is 47.2 Å². The molecular formula is C17H23NO3S. The van der Waals surface area contributed by atoms with Gasteiger partial charge >= 0.3 is 0 Å². The topological polar surface area (TPSA) is 60.2 Å². The van der Waals surface area contributed by atoms with Crippen LogP contribution in [0, 0.1) is 13.8 Å². The van der Waals surface area contributed by atoms with Crippen LogP contribution in [0.25, 0.3) is 0 Å². The van der Waals surface area contributed by atoms with Gasteiger partial charge in [-0.25, -0.2) is 13.4 Å². The summed E-state index contributed by atoms with van der Waals surface area (Å²) in [5.74, 6) is 0.926. The Morgan fingerprint density at radius 2 is 1.82 bits per heavy atom. The molecule has 1 heterocycles. The van der Waals surface area contributed by atoms with Crippen molar-refractivity contribution in [2.45, 2.75) is 57.1 Å². The van der Waals surface area contributed by atoms with E-state index in [9.17, 15) is 8.42 Å². The van der Waals surface area contributed by atoms with Gasteiger partial charge in [-0.3, -0.25) is 0 Å². The van der Waals surface area contributed by atoms with Gasteiger partial charge in [0.1, 0.15) is 11.0 Å². The lowest BCUT2D eigenvalue weighted by Crippen LogP contribution is -2.13. The van der Waals surface area contributed by atoms with Crippen LogP contribution >= 0.6 is 0 Å². The Morgan fingerprint density at radius 1 is 1.18 bits per heavy atom. The maximum Gasteiger partial charge on any atom is 0.212 e. The molecule has 0 aliphatic heterocycles. The van der Waals surface area contributed by atoms with E-state index in [0.717, 1.165) is 11.1 Å². The van der Waals surface area contributed by atoms with Crippen LogP contribution in [-0.4, -0.2) is 13.4 Å². The van der Waals surface area contributed by atoms with Crippen LogP contribution in [0.15, 0.2) is 33.7 Å². The van der Waals surface area contributed by atoms with E-state index in [4.69, 9.17) is 4.42 Å². The predicted octanol–water partition coefficient (Wildman–Crippen LogP) is 4.12. The SMILES string of the molecule is Cc1ccc(S(=O)(=O)C(C)c2ncc(C(C)(C)C)o2)c(C)c1. The molecule has 0 radical (unpaired) electrons. The van der Waals surface area contributed by atoms with Gasteiger partial charge in [0, 0.05) is 5.41 Å². The molecule has 0 fully saturated rings. The van der Waals surface area contributed by atoms with Crippen LogP contribution in [0.5, 0.6) is 0 Å². The fraction of sp³-hybridized carbons (Fsp3) is 0.471. The zero-order valence-corrected chi connectivity index (χ0v) is 14.8. The summed E-state index contributed by atoms with van der Waals surface area (Å²) in [6, 6.07) is 5.34. The van der Waals surface area contributed by atoms with Crippen molar-refractivity contribution in [2.75, 3.05) is 0 Å². The Labute approximate surface area is 132 Å². The van der Waals surface area contributed by atoms with Crippen LogP contribution in [0.1, 0.15) is 55.7 Å². The standard InChI is InChI=1S/C17H23NO3S/c1-11-7-8-14(12(2)9-11)22(19,20)13(3)16-18-10-15(21-16)17(4,5)6/h7-10,13H,1-6H3. The summed E-state index contributed by atoms with van der Waals surface area (Å²) >= 11 is 0. The smallest absolute Gasteiger partial charge is 0.212 e. The van der Waals surface area contributed by atoms with Crippen LogP contribution in [0.2, 0.25) is 0 Å². The summed E-state index contributed by atoms with van der Waals surface area (Å²) in [5.41, 5.74) is 1.58. The second-order valence-corrected chi connectivity index (χ2v) is 9.01. The Bertz CT molecular complexity index is 782. The van der Waals surface area contributed by atoms with E-state index in [1.807, 2.05) is 46.8 Å². The van der Waals surface area contributed by atoms with E-state index in [0.29, 0.717) is 10.7 Å². The highest BCUT2D eigenvalue weighted by molar-refractivity contribution is 7.91. The molecule has 4 nitrogen and oxygen atoms in total. The third-order valence-electron chi connectivity index (χ3n) is 3.71. The minimum Gasteiger partial charge on any atom is -0.444 e. The minimum atomic E-state index is -3.53. The average Bonchev–Trinajstić information content (AvgIpc) is 2.86. The number of aryl methyl sites for hydroxylation is 2. The van der Waals surface area contributed by atoms with E-state index in [1.165, 1.54) is 0 Å². The van der Waals surface area contributed by atoms with Gasteiger partial charge in [0.2, 0.25) is 5.89 Å². The van der Waals surface area contributed by atoms with Crippen molar-refractivity contribution in [1.29, 1.82) is 0 Å². The molecule has 5 heteroatoms. The second kappa shape index (κ2) is 5.54. The minimum absolute atomic E-state index is 0.200. The Hall–Kier alpha value is -1.62. The molecule has 0 amide bonds. The number of hydrogen-bond donors (Lipinski definition) is 0. The lowest BCUT2D eigenvalue weighted by Gasteiger charge is -2.15. The van der Waals surface area contributed by atoms with Gasteiger partial charge < -0.3 is 4.42 Å². The summed E-state index contributed by atoms with van der Waals surface area (Å²) in [6.45, 7) is 11.4. The number of nitrogens with zero attached hydrogens (tertiary/aromatic N) is 1. The zero-order valence-electron chi connectivity index (χ0n) is 14.0. The summed E-state index contributed by atoms with van der Waals surface area (Å²) in [5, 5.41) is -0.815. The molecule has 0 N–H and O–H groups in total. The number of hydrogen-bond acceptors (Lipinski definition) is 4. The van der Waals surface area contributed by atoms with Gasteiger partial charge in [-0.1, -0.05) is 38.5 Å². The highest BCUT2D eigenvalue weighted by atomic mass is 32.2. The highest BCUT2D eigenvalue weighted by Crippen LogP contribution is 2.32. The molecule has 1 unspecified atom stereocenters. The van der Waals surface area contributed by atoms with E-state index < -0.39 is 15.1 Å². The van der Waals surface area contributed by atoms with Crippen molar-refractivity contribution >= 4 is 9.84 Å². The monoisotopic (exact) mass is 321 g/mol. The molecular weight excluding hydrogens is 298 g/mol. The summed E-state index contributed by atoms with van der Waals surface area (Å²) in [4.78, 5) is 4.51. The van der Waals surface area contributed by atoms with E-state index in [-0.39, 0.29) is 11.3 Å². The van der Waals surface area contributed by atoms with Crippen molar-refractivity contribution in [2.24, 2.45) is 0 Å². The van der Waals surface area contributed by atoms with Crippen LogP contribution < -0.4 is 0 Å². The first kappa shape index (κ1) is 16.7. The number of oxazole rings is 1. The average molecular weight is 321 g/mol. The molecule has 0 saturated carbocycles. The zero-order chi connectivity index (χ0) is 16.7. The molecule has 2 aromatic rings. The van der Waals surface area contributed by atoms with E-state index >= 15 is 0 Å². The van der Waals surface area contributed by atoms with Gasteiger partial charge in [-0.05, 0) is 32.4 Å². The number of aromatic nitrogens is 1. The second-order valence-electron chi connectivity index (χ2n) is 6.77. The molecule has 0 aliphatic carbocycles. The third-order valence-corrected chi connectivity index (χ3v) is 5.92. The summed E-state index contributed by atoms with van der Waals surface area (Å²) in [6.07, 6.45) is 1.61. The molecule has 1 aromatic heterocycles. The lowest BCUT2D eigenvalue weighted by atomic mass is 9.94. The molecule has 0 saturated heterocycles. The molecule has 0 spiro atoms. The number of sulfone groups is 1. The predicted molar refractivity (Wildman–Crippen MR) is 86.7 cm³/mol. The van der Waals surface area contributed by atoms with Crippen molar-refractivity contribution in [3.8, 4) is 0 Å². The fourth-order valence-electron chi connectivity index (χ4n) is 2.26. The Kier molecular flexibility index (Phi) is 4.22. The van der Waals surface area contributed by atoms with Gasteiger partial charge in [0.05, 0.1) is 11.1 Å². The van der Waals surface area contributed by atoms with Crippen LogP contribution in [0.4, 0.5) is 0 Å². The fourth-order valence-corrected chi connectivity index (χ4v) is 3.78. The van der Waals surface area contributed by atoms with Crippen LogP contribution in [0.3, 0.4) is 0 Å². The first-order chi connectivity index (χ1) is 10.0. The molecule has 22 heavy (non-hydrogen) atoms. The van der Waals surface area contributed by atoms with Gasteiger partial charge in [-0.2, -0.15) is 0 Å². The normalized spacial score (nSPS) is 14.1. The highest BCUT2D eigenvalue weighted by Gasteiger charge is 2.31. The quantitative estimate of drug-likeness (QED) is 0.853. The summed E-state index contributed by atoms with van der Waals surface area (Å²) in [7, 11) is -3.53. The molecule has 120 valence electrons. The lowest BCUT2D eigenvalue weighted by molar-refractivity contribution is 0.380. The Balaban J connectivity index is 2.43. The molecule has 1 atom stereocenters. The van der Waals surface area contributed by atoms with Gasteiger partial charge in [0.15, 0.2) is 9.84 Å². The van der Waals surface area contributed by atoms with Gasteiger partial charge in [0.25, 0.3) is 0 Å². The maximum atomic E-state index is 12.8. The molecule has 2 rings (SSSR count). The van der Waals surface area contributed by atoms with Crippen LogP contribution in [-0.2, 0) is 15.3 Å². The molecule has 0 aliphatic rings. The molecule has 0 bridgehead atoms. The summed E-state index contributed by atoms with van der Waals surface area (Å²) < 4.78 is 31.3. The van der Waals surface area contributed by atoms with E-state index in [1.54, 1.807) is 19.2 Å². The number of benzene rings is 1. The van der Waals surface area contributed by atoms with E-state index in [2.05, 4.69) is 4.98 Å². The van der Waals surface area contributed by atoms with Crippen molar-refractivity contribution < 1.29 is 12.8 Å². The third kappa shape index (κ3) is 3.09. The first-order valence-corrected chi connectivity index (χ1v) is 8.85. The molecule has 1 aromatic carbocycles. The Morgan fingerprint density at radius 3 is 2.32 bits per heavy atom. The first-order valence-electron chi connectivity index (χ1n) is 7.31. The van der Waals surface area contributed by atoms with Gasteiger partial charge in [-0.15, -0.1) is 0 Å². The van der Waals surface area contributed by atoms with Crippen molar-refractivity contribution in [3.63, 3.8) is 0 Å². The maximum absolute atomic E-state index is 12.8. The number of rotatable bonds is 3. The van der Waals surface area contributed by atoms with Crippen molar-refractivity contribution in [1.82, 2.24) is 4.98 Å².